The van der Waals surface area contributed by atoms with Gasteiger partial charge in [-0.1, -0.05) is 60.7 Å². The van der Waals surface area contributed by atoms with Gasteiger partial charge in [-0.3, -0.25) is 0 Å². The number of fused-ring (bicyclic) bond motifs is 1. The van der Waals surface area contributed by atoms with E-state index in [0.29, 0.717) is 0 Å². The van der Waals surface area contributed by atoms with Crippen molar-refractivity contribution in [3.05, 3.63) is 120 Å². The topological polar surface area (TPSA) is 21.3 Å². The third kappa shape index (κ3) is 5.48. The number of nitrogens with one attached hydrogen (secondary N) is 1. The second-order valence-corrected chi connectivity index (χ2v) is 11.9. The van der Waals surface area contributed by atoms with Crippen LogP contribution in [0.25, 0.3) is 0 Å². The monoisotopic (exact) mass is 509 g/mol. The zero-order valence-corrected chi connectivity index (χ0v) is 21.5. The molecule has 4 aromatic carbocycles. The van der Waals surface area contributed by atoms with E-state index in [9.17, 15) is 0 Å². The van der Waals surface area contributed by atoms with Crippen molar-refractivity contribution in [3.8, 4) is 5.75 Å². The summed E-state index contributed by atoms with van der Waals surface area (Å²) in [4.78, 5) is 0. The number of hydrogen-bond donors (Lipinski definition) is 1. The van der Waals surface area contributed by atoms with Crippen molar-refractivity contribution < 1.29 is 17.1 Å². The fraction of sp³-hybridized carbons (Fsp3) is 0.172. The quantitative estimate of drug-likeness (QED) is 0.291. The number of rotatable bonds is 8. The van der Waals surface area contributed by atoms with Crippen LogP contribution in [0, 0.1) is 0 Å². The maximum absolute atomic E-state index is 6.22. The lowest BCUT2D eigenvalue weighted by molar-refractivity contribution is -0.00000688. The van der Waals surface area contributed by atoms with E-state index in [0.717, 1.165) is 38.0 Å². The number of ether oxygens (including phenoxy) is 1. The summed E-state index contributed by atoms with van der Waals surface area (Å²) < 4.78 is 6.22. The van der Waals surface area contributed by atoms with Gasteiger partial charge in [0.2, 0.25) is 0 Å². The predicted octanol–water partition coefficient (Wildman–Crippen LogP) is 2.48. The van der Waals surface area contributed by atoms with Crippen LogP contribution in [0.2, 0.25) is 0 Å². The smallest absolute Gasteiger partial charge is 0.119 e. The normalized spacial score (nSPS) is 12.2. The van der Waals surface area contributed by atoms with E-state index in [-0.39, 0.29) is 24.8 Å². The Morgan fingerprint density at radius 2 is 1.15 bits per heavy atom. The van der Waals surface area contributed by atoms with Crippen LogP contribution in [0.4, 0.5) is 0 Å². The van der Waals surface area contributed by atoms with Gasteiger partial charge in [0.15, 0.2) is 0 Å². The summed E-state index contributed by atoms with van der Waals surface area (Å²) in [5, 5.41) is 7.70. The van der Waals surface area contributed by atoms with Crippen molar-refractivity contribution in [3.63, 3.8) is 0 Å². The summed E-state index contributed by atoms with van der Waals surface area (Å²) in [6.07, 6.45) is 2.08. The molecule has 0 aliphatic carbocycles. The molecule has 1 aliphatic rings. The lowest BCUT2D eigenvalue weighted by atomic mass is 10.1. The molecule has 0 aromatic heterocycles. The summed E-state index contributed by atoms with van der Waals surface area (Å²) in [6, 6.07) is 39.7. The molecule has 4 aromatic rings. The summed E-state index contributed by atoms with van der Waals surface area (Å²) in [5.41, 5.74) is 2.75. The molecule has 0 fully saturated rings. The SMILES string of the molecule is Cl.[Cl-].c1ccc([P+](CCCOc2ccc3c(c2)CNC3)(c2ccccc2)c2ccccc2)cc1. The second-order valence-electron chi connectivity index (χ2n) is 8.28. The molecular weight excluding hydrogens is 480 g/mol. The van der Waals surface area contributed by atoms with Gasteiger partial charge in [-0.05, 0) is 59.7 Å². The number of halogens is 2. The molecule has 1 N–H and O–H groups in total. The molecule has 0 radical (unpaired) electrons. The molecule has 0 atom stereocenters. The molecule has 0 unspecified atom stereocenters. The van der Waals surface area contributed by atoms with Crippen LogP contribution in [-0.4, -0.2) is 12.8 Å². The van der Waals surface area contributed by atoms with E-state index < -0.39 is 7.26 Å². The summed E-state index contributed by atoms with van der Waals surface area (Å²) >= 11 is 0. The van der Waals surface area contributed by atoms with Gasteiger partial charge in [-0.15, -0.1) is 12.4 Å². The molecule has 0 saturated carbocycles. The Labute approximate surface area is 215 Å². The lowest BCUT2D eigenvalue weighted by Crippen LogP contribution is -3.00. The van der Waals surface area contributed by atoms with Crippen molar-refractivity contribution in [2.75, 3.05) is 12.8 Å². The second kappa shape index (κ2) is 12.4. The molecule has 5 rings (SSSR count). The summed E-state index contributed by atoms with van der Waals surface area (Å²) in [6.45, 7) is 2.63. The van der Waals surface area contributed by atoms with Crippen LogP contribution < -0.4 is 38.4 Å². The van der Waals surface area contributed by atoms with Crippen LogP contribution in [0.5, 0.6) is 5.75 Å². The van der Waals surface area contributed by atoms with Gasteiger partial charge >= 0.3 is 0 Å². The third-order valence-electron chi connectivity index (χ3n) is 6.31. The van der Waals surface area contributed by atoms with Crippen molar-refractivity contribution >= 4 is 35.6 Å². The highest BCUT2D eigenvalue weighted by Gasteiger charge is 2.44. The van der Waals surface area contributed by atoms with Crippen LogP contribution >= 0.6 is 19.7 Å². The van der Waals surface area contributed by atoms with E-state index in [2.05, 4.69) is 115 Å². The minimum atomic E-state index is -1.78. The first-order valence-corrected chi connectivity index (χ1v) is 13.3. The Kier molecular flexibility index (Phi) is 9.56. The van der Waals surface area contributed by atoms with Crippen LogP contribution in [0.15, 0.2) is 109 Å². The molecular formula is C29H30Cl2NOP. The molecule has 1 heterocycles. The molecule has 1 aliphatic heterocycles. The summed E-state index contributed by atoms with van der Waals surface area (Å²) in [7, 11) is -1.78. The lowest BCUT2D eigenvalue weighted by Gasteiger charge is -2.27. The number of benzene rings is 4. The van der Waals surface area contributed by atoms with E-state index >= 15 is 0 Å². The highest BCUT2D eigenvalue weighted by Crippen LogP contribution is 2.55. The molecule has 176 valence electrons. The van der Waals surface area contributed by atoms with Gasteiger partial charge in [-0.2, -0.15) is 0 Å². The average molecular weight is 510 g/mol. The molecule has 2 nitrogen and oxygen atoms in total. The highest BCUT2D eigenvalue weighted by molar-refractivity contribution is 7.95. The van der Waals surface area contributed by atoms with Crippen molar-refractivity contribution in [2.45, 2.75) is 19.5 Å². The average Bonchev–Trinajstić information content (AvgIpc) is 3.34. The molecule has 5 heteroatoms. The van der Waals surface area contributed by atoms with Crippen molar-refractivity contribution in [1.29, 1.82) is 0 Å². The minimum Gasteiger partial charge on any atom is -1.00 e. The first kappa shape index (κ1) is 26.3. The third-order valence-corrected chi connectivity index (χ3v) is 10.8. The highest BCUT2D eigenvalue weighted by atomic mass is 35.5. The maximum atomic E-state index is 6.22. The van der Waals surface area contributed by atoms with Crippen molar-refractivity contribution in [1.82, 2.24) is 5.32 Å². The van der Waals surface area contributed by atoms with Crippen LogP contribution in [0.3, 0.4) is 0 Å². The van der Waals surface area contributed by atoms with E-state index in [1.54, 1.807) is 0 Å². The first-order chi connectivity index (χ1) is 15.9. The molecule has 34 heavy (non-hydrogen) atoms. The standard InChI is InChI=1S/C29H29NOP.2ClH/c1-4-11-27(12-5-1)32(28-13-6-2-7-14-28,29-15-8-3-9-16-29)20-10-19-31-26-18-17-24-22-30-23-25(24)21-26;;/h1-9,11-18,21,30H,10,19-20,22-23H2;2*1H/q+1;;/p-1. The Morgan fingerprint density at radius 3 is 1.68 bits per heavy atom. The fourth-order valence-electron chi connectivity index (χ4n) is 4.73. The molecule has 0 amide bonds. The van der Waals surface area contributed by atoms with E-state index in [4.69, 9.17) is 4.74 Å². The van der Waals surface area contributed by atoms with Gasteiger partial charge in [0.05, 0.1) is 12.8 Å². The van der Waals surface area contributed by atoms with E-state index in [1.807, 2.05) is 0 Å². The first-order valence-electron chi connectivity index (χ1n) is 11.4. The fourth-order valence-corrected chi connectivity index (χ4v) is 9.05. The van der Waals surface area contributed by atoms with Gasteiger partial charge in [0.25, 0.3) is 0 Å². The molecule has 0 bridgehead atoms. The maximum Gasteiger partial charge on any atom is 0.119 e. The predicted molar refractivity (Wildman–Crippen MR) is 144 cm³/mol. The zero-order valence-electron chi connectivity index (χ0n) is 19.1. The van der Waals surface area contributed by atoms with Crippen molar-refractivity contribution in [2.24, 2.45) is 0 Å². The Morgan fingerprint density at radius 1 is 0.647 bits per heavy atom. The number of hydrogen-bond acceptors (Lipinski definition) is 2. The largest absolute Gasteiger partial charge is 1.00 e. The Balaban J connectivity index is 0.00000162. The van der Waals surface area contributed by atoms with Gasteiger partial charge < -0.3 is 22.5 Å². The Hall–Kier alpha value is -2.35. The Bertz CT molecular complexity index is 1060. The van der Waals surface area contributed by atoms with Gasteiger partial charge in [0, 0.05) is 19.5 Å². The minimum absolute atomic E-state index is 0. The zero-order chi connectivity index (χ0) is 21.6. The summed E-state index contributed by atoms with van der Waals surface area (Å²) in [5.74, 6) is 0.982. The van der Waals surface area contributed by atoms with E-state index in [1.165, 1.54) is 27.0 Å². The molecule has 0 saturated heterocycles. The van der Waals surface area contributed by atoms with Gasteiger partial charge in [-0.25, -0.2) is 0 Å². The van der Waals surface area contributed by atoms with Crippen LogP contribution in [0.1, 0.15) is 17.5 Å². The molecule has 0 spiro atoms. The van der Waals surface area contributed by atoms with Crippen LogP contribution in [-0.2, 0) is 13.1 Å². The van der Waals surface area contributed by atoms with Gasteiger partial charge in [0.1, 0.15) is 28.9 Å².